The van der Waals surface area contributed by atoms with E-state index in [-0.39, 0.29) is 11.2 Å². The van der Waals surface area contributed by atoms with Gasteiger partial charge in [-0.15, -0.1) is 10.2 Å². The molecule has 0 bridgehead atoms. The smallest absolute Gasteiger partial charge is 0.235 e. The average molecular weight is 413 g/mol. The normalized spacial score (nSPS) is 11.9. The van der Waals surface area contributed by atoms with Crippen LogP contribution in [0.15, 0.2) is 52.9 Å². The molecule has 0 aliphatic rings. The van der Waals surface area contributed by atoms with Crippen molar-refractivity contribution in [2.75, 3.05) is 12.4 Å². The van der Waals surface area contributed by atoms with Crippen molar-refractivity contribution in [3.8, 4) is 0 Å². The lowest BCUT2D eigenvalue weighted by molar-refractivity contribution is -0.129. The molecule has 7 heteroatoms. The first kappa shape index (κ1) is 20.4. The van der Waals surface area contributed by atoms with Crippen LogP contribution in [0.3, 0.4) is 0 Å². The van der Waals surface area contributed by atoms with Crippen LogP contribution in [0.2, 0.25) is 0 Å². The van der Waals surface area contributed by atoms with Crippen molar-refractivity contribution in [3.05, 3.63) is 65.2 Å². The van der Waals surface area contributed by atoms with Gasteiger partial charge in [-0.2, -0.15) is 0 Å². The van der Waals surface area contributed by atoms with E-state index in [0.717, 1.165) is 20.7 Å². The highest BCUT2D eigenvalue weighted by Gasteiger charge is 2.21. The van der Waals surface area contributed by atoms with Crippen LogP contribution in [0.5, 0.6) is 0 Å². The molecule has 3 aromatic rings. The second-order valence-corrected chi connectivity index (χ2v) is 9.25. The zero-order valence-electron chi connectivity index (χ0n) is 16.5. The summed E-state index contributed by atoms with van der Waals surface area (Å²) in [5.74, 6) is 0.0769. The summed E-state index contributed by atoms with van der Waals surface area (Å²) in [5, 5.41) is 12.3. The summed E-state index contributed by atoms with van der Waals surface area (Å²) in [7, 11) is 1.83. The zero-order valence-corrected chi connectivity index (χ0v) is 18.1. The lowest BCUT2D eigenvalue weighted by atomic mass is 10.1. The molecule has 5 nitrogen and oxygen atoms in total. The molecule has 0 aliphatic carbocycles. The van der Waals surface area contributed by atoms with Gasteiger partial charge in [-0.05, 0) is 43.5 Å². The molecule has 3 rings (SSSR count). The summed E-state index contributed by atoms with van der Waals surface area (Å²) in [6.07, 6.45) is 0. The minimum atomic E-state index is -0.227. The van der Waals surface area contributed by atoms with Crippen LogP contribution >= 0.6 is 23.1 Å². The summed E-state index contributed by atoms with van der Waals surface area (Å²) in [4.78, 5) is 14.4. The molecule has 1 heterocycles. The first-order valence-corrected chi connectivity index (χ1v) is 10.8. The molecule has 2 aromatic carbocycles. The van der Waals surface area contributed by atoms with Crippen molar-refractivity contribution in [2.24, 2.45) is 0 Å². The minimum absolute atomic E-state index is 0.0769. The molecule has 0 fully saturated rings. The van der Waals surface area contributed by atoms with E-state index in [1.807, 2.05) is 56.4 Å². The third-order valence-corrected chi connectivity index (χ3v) is 6.53. The standard InChI is InChI=1S/C21H24N4OS2/c1-14-9-8-12-18(15(14)2)22-20-23-24-21(28-20)27-16(3)19(26)25(4)13-17-10-6-5-7-11-17/h5-12,16H,13H2,1-4H3,(H,22,23). The van der Waals surface area contributed by atoms with Crippen molar-refractivity contribution in [1.82, 2.24) is 15.1 Å². The van der Waals surface area contributed by atoms with Crippen molar-refractivity contribution >= 4 is 39.8 Å². The van der Waals surface area contributed by atoms with Gasteiger partial charge in [-0.1, -0.05) is 65.6 Å². The molecule has 1 unspecified atom stereocenters. The highest BCUT2D eigenvalue weighted by atomic mass is 32.2. The fourth-order valence-corrected chi connectivity index (χ4v) is 4.78. The van der Waals surface area contributed by atoms with Crippen LogP contribution in [0.25, 0.3) is 0 Å². The Bertz CT molecular complexity index is 943. The van der Waals surface area contributed by atoms with Gasteiger partial charge in [0.25, 0.3) is 0 Å². The van der Waals surface area contributed by atoms with Gasteiger partial charge in [0.1, 0.15) is 0 Å². The van der Waals surface area contributed by atoms with Crippen molar-refractivity contribution in [1.29, 1.82) is 0 Å². The van der Waals surface area contributed by atoms with Crippen molar-refractivity contribution in [3.63, 3.8) is 0 Å². The molecular formula is C21H24N4OS2. The number of rotatable bonds is 7. The van der Waals surface area contributed by atoms with Gasteiger partial charge in [0.2, 0.25) is 11.0 Å². The van der Waals surface area contributed by atoms with E-state index in [9.17, 15) is 4.79 Å². The van der Waals surface area contributed by atoms with E-state index in [4.69, 9.17) is 0 Å². The predicted octanol–water partition coefficient (Wildman–Crippen LogP) is 5.04. The van der Waals surface area contributed by atoms with E-state index in [1.165, 1.54) is 34.2 Å². The molecule has 0 saturated heterocycles. The van der Waals surface area contributed by atoms with Crippen LogP contribution in [0.1, 0.15) is 23.6 Å². The number of amides is 1. The topological polar surface area (TPSA) is 58.1 Å². The second-order valence-electron chi connectivity index (χ2n) is 6.69. The number of hydrogen-bond donors (Lipinski definition) is 1. The summed E-state index contributed by atoms with van der Waals surface area (Å²) in [6.45, 7) is 6.67. The maximum absolute atomic E-state index is 12.7. The highest BCUT2D eigenvalue weighted by molar-refractivity contribution is 8.02. The third kappa shape index (κ3) is 5.11. The molecule has 1 amide bonds. The molecule has 1 atom stereocenters. The minimum Gasteiger partial charge on any atom is -0.340 e. The molecular weight excluding hydrogens is 388 g/mol. The zero-order chi connectivity index (χ0) is 20.1. The molecule has 1 aromatic heterocycles. The number of thioether (sulfide) groups is 1. The quantitative estimate of drug-likeness (QED) is 0.551. The first-order valence-electron chi connectivity index (χ1n) is 9.06. The second kappa shape index (κ2) is 9.21. The summed E-state index contributed by atoms with van der Waals surface area (Å²) < 4.78 is 0.779. The van der Waals surface area contributed by atoms with Crippen LogP contribution in [0, 0.1) is 13.8 Å². The number of aryl methyl sites for hydroxylation is 1. The third-order valence-electron chi connectivity index (χ3n) is 4.52. The Labute approximate surface area is 174 Å². The Morgan fingerprint density at radius 3 is 2.64 bits per heavy atom. The summed E-state index contributed by atoms with van der Waals surface area (Å²) in [6, 6.07) is 16.1. The number of carbonyl (C=O) groups is 1. The highest BCUT2D eigenvalue weighted by Crippen LogP contribution is 2.32. The van der Waals surface area contributed by atoms with E-state index in [2.05, 4.69) is 35.4 Å². The molecule has 0 radical (unpaired) electrons. The predicted molar refractivity (Wildman–Crippen MR) is 117 cm³/mol. The Hall–Kier alpha value is -2.38. The number of nitrogens with zero attached hydrogens (tertiary/aromatic N) is 3. The van der Waals surface area contributed by atoms with Gasteiger partial charge < -0.3 is 10.2 Å². The number of anilines is 2. The molecule has 0 aliphatic heterocycles. The molecule has 0 saturated carbocycles. The van der Waals surface area contributed by atoms with Crippen LogP contribution < -0.4 is 5.32 Å². The van der Waals surface area contributed by atoms with Crippen molar-refractivity contribution < 1.29 is 4.79 Å². The maximum Gasteiger partial charge on any atom is 0.235 e. The van der Waals surface area contributed by atoms with Crippen molar-refractivity contribution in [2.45, 2.75) is 36.9 Å². The Morgan fingerprint density at radius 1 is 1.14 bits per heavy atom. The van der Waals surface area contributed by atoms with Gasteiger partial charge in [-0.3, -0.25) is 4.79 Å². The van der Waals surface area contributed by atoms with E-state index < -0.39 is 0 Å². The maximum atomic E-state index is 12.7. The van der Waals surface area contributed by atoms with E-state index in [1.54, 1.807) is 4.90 Å². The summed E-state index contributed by atoms with van der Waals surface area (Å²) in [5.41, 5.74) is 4.56. The first-order chi connectivity index (χ1) is 13.4. The fraction of sp³-hybridized carbons (Fsp3) is 0.286. The molecule has 146 valence electrons. The SMILES string of the molecule is Cc1cccc(Nc2nnc(SC(C)C(=O)N(C)Cc3ccccc3)s2)c1C. The van der Waals surface area contributed by atoms with Gasteiger partial charge >= 0.3 is 0 Å². The lowest BCUT2D eigenvalue weighted by Crippen LogP contribution is -2.32. The monoisotopic (exact) mass is 412 g/mol. The summed E-state index contributed by atoms with van der Waals surface area (Å²) >= 11 is 2.91. The van der Waals surface area contributed by atoms with Crippen LogP contribution in [-0.4, -0.2) is 33.3 Å². The average Bonchev–Trinajstić information content (AvgIpc) is 3.12. The Morgan fingerprint density at radius 2 is 1.89 bits per heavy atom. The molecule has 0 spiro atoms. The largest absolute Gasteiger partial charge is 0.340 e. The van der Waals surface area contributed by atoms with Gasteiger partial charge in [-0.25, -0.2) is 0 Å². The Kier molecular flexibility index (Phi) is 6.70. The van der Waals surface area contributed by atoms with Gasteiger partial charge in [0.15, 0.2) is 4.34 Å². The van der Waals surface area contributed by atoms with Crippen LogP contribution in [0.4, 0.5) is 10.8 Å². The Balaban J connectivity index is 1.59. The molecule has 1 N–H and O–H groups in total. The van der Waals surface area contributed by atoms with Gasteiger partial charge in [0.05, 0.1) is 5.25 Å². The number of carbonyl (C=O) groups excluding carboxylic acids is 1. The van der Waals surface area contributed by atoms with Gasteiger partial charge in [0, 0.05) is 19.3 Å². The number of nitrogens with one attached hydrogen (secondary N) is 1. The van der Waals surface area contributed by atoms with E-state index >= 15 is 0 Å². The number of hydrogen-bond acceptors (Lipinski definition) is 6. The lowest BCUT2D eigenvalue weighted by Gasteiger charge is -2.20. The van der Waals surface area contributed by atoms with E-state index in [0.29, 0.717) is 6.54 Å². The fourth-order valence-electron chi connectivity index (χ4n) is 2.76. The number of benzene rings is 2. The molecule has 28 heavy (non-hydrogen) atoms. The number of aromatic nitrogens is 2. The van der Waals surface area contributed by atoms with Crippen LogP contribution in [-0.2, 0) is 11.3 Å².